The number of aliphatic hydroxyl groups excluding tert-OH is 1. The van der Waals surface area contributed by atoms with E-state index >= 15 is 0 Å². The monoisotopic (exact) mass is 313 g/mol. The first-order chi connectivity index (χ1) is 9.20. The minimum atomic E-state index is -4.61. The molecule has 0 saturated heterocycles. The first kappa shape index (κ1) is 16.9. The van der Waals surface area contributed by atoms with Gasteiger partial charge in [-0.3, -0.25) is 0 Å². The van der Waals surface area contributed by atoms with Crippen molar-refractivity contribution < 1.29 is 18.3 Å². The maximum Gasteiger partial charge on any atom is 0.415 e. The molecule has 0 aromatic carbocycles. The van der Waals surface area contributed by atoms with E-state index in [0.29, 0.717) is 25.2 Å². The third kappa shape index (κ3) is 5.43. The highest BCUT2D eigenvalue weighted by molar-refractivity contribution is 6.31. The van der Waals surface area contributed by atoms with Crippen molar-refractivity contribution in [2.45, 2.75) is 25.1 Å². The maximum atomic E-state index is 12.1. The van der Waals surface area contributed by atoms with Crippen LogP contribution in [0.25, 0.3) is 0 Å². The lowest BCUT2D eigenvalue weighted by atomic mass is 10.2. The van der Waals surface area contributed by atoms with Crippen molar-refractivity contribution in [3.8, 4) is 0 Å². The number of likely N-dealkylation sites (N-methyl/N-ethyl adjacent to an activating group) is 1. The lowest BCUT2D eigenvalue weighted by Gasteiger charge is -2.21. The molecule has 114 valence electrons. The molecule has 1 rings (SSSR count). The second-order valence-corrected chi connectivity index (χ2v) is 4.69. The van der Waals surface area contributed by atoms with Crippen LogP contribution in [0.2, 0.25) is 5.15 Å². The summed E-state index contributed by atoms with van der Waals surface area (Å²) in [5.41, 5.74) is 5.45. The summed E-state index contributed by atoms with van der Waals surface area (Å²) in [4.78, 5) is 5.27. The van der Waals surface area contributed by atoms with E-state index in [0.717, 1.165) is 0 Å². The van der Waals surface area contributed by atoms with Gasteiger partial charge in [-0.15, -0.1) is 10.2 Å². The standard InChI is InChI=1S/C10H15ClF3N5O/c1-19(5-6(20)10(12,13)14)4-2-3-7-16-9(15)8(11)18-17-7/h6,20H,2-5H2,1H3,(H2,15,16,17)/t6-/m0/s1. The van der Waals surface area contributed by atoms with Crippen molar-refractivity contribution in [3.05, 3.63) is 11.0 Å². The van der Waals surface area contributed by atoms with Gasteiger partial charge in [0.1, 0.15) is 0 Å². The van der Waals surface area contributed by atoms with Crippen LogP contribution in [0.3, 0.4) is 0 Å². The number of alkyl halides is 3. The number of nitrogens with two attached hydrogens (primary N) is 1. The lowest BCUT2D eigenvalue weighted by molar-refractivity contribution is -0.207. The third-order valence-corrected chi connectivity index (χ3v) is 2.79. The smallest absolute Gasteiger partial charge is 0.382 e. The molecule has 0 fully saturated rings. The van der Waals surface area contributed by atoms with Gasteiger partial charge < -0.3 is 15.7 Å². The molecule has 1 heterocycles. The molecule has 0 spiro atoms. The minimum absolute atomic E-state index is 0.0131. The van der Waals surface area contributed by atoms with Crippen LogP contribution < -0.4 is 5.73 Å². The van der Waals surface area contributed by atoms with Gasteiger partial charge in [-0.25, -0.2) is 4.98 Å². The molecule has 1 aromatic rings. The minimum Gasteiger partial charge on any atom is -0.382 e. The Bertz CT molecular complexity index is 445. The summed E-state index contributed by atoms with van der Waals surface area (Å²) >= 11 is 5.56. The Morgan fingerprint density at radius 1 is 1.40 bits per heavy atom. The Kier molecular flexibility index (Phi) is 5.90. The van der Waals surface area contributed by atoms with Crippen LogP contribution in [0.4, 0.5) is 19.0 Å². The number of nitrogen functional groups attached to an aromatic ring is 1. The van der Waals surface area contributed by atoms with Crippen molar-refractivity contribution in [3.63, 3.8) is 0 Å². The zero-order valence-corrected chi connectivity index (χ0v) is 11.5. The average molecular weight is 314 g/mol. The maximum absolute atomic E-state index is 12.1. The van der Waals surface area contributed by atoms with Crippen molar-refractivity contribution in [1.82, 2.24) is 20.1 Å². The quantitative estimate of drug-likeness (QED) is 0.811. The molecule has 10 heteroatoms. The highest BCUT2D eigenvalue weighted by Gasteiger charge is 2.38. The third-order valence-electron chi connectivity index (χ3n) is 2.52. The van der Waals surface area contributed by atoms with Gasteiger partial charge in [-0.2, -0.15) is 13.2 Å². The number of aliphatic hydroxyl groups is 1. The summed E-state index contributed by atoms with van der Waals surface area (Å²) in [6, 6.07) is 0. The summed E-state index contributed by atoms with van der Waals surface area (Å²) in [5.74, 6) is 0.439. The molecule has 0 bridgehead atoms. The summed E-state index contributed by atoms with van der Waals surface area (Å²) in [5, 5.41) is 16.2. The van der Waals surface area contributed by atoms with Crippen LogP contribution in [0.15, 0.2) is 0 Å². The molecular weight excluding hydrogens is 299 g/mol. The molecule has 0 aliphatic carbocycles. The molecule has 0 aliphatic rings. The highest BCUT2D eigenvalue weighted by Crippen LogP contribution is 2.20. The predicted molar refractivity (Wildman–Crippen MR) is 67.1 cm³/mol. The van der Waals surface area contributed by atoms with E-state index in [4.69, 9.17) is 22.4 Å². The topological polar surface area (TPSA) is 88.2 Å². The summed E-state index contributed by atoms with van der Waals surface area (Å²) in [7, 11) is 1.49. The Balaban J connectivity index is 2.35. The number of halogens is 4. The molecule has 0 aliphatic heterocycles. The van der Waals surface area contributed by atoms with Crippen molar-refractivity contribution in [2.24, 2.45) is 0 Å². The second kappa shape index (κ2) is 7.00. The van der Waals surface area contributed by atoms with E-state index in [1.54, 1.807) is 0 Å². The van der Waals surface area contributed by atoms with Crippen LogP contribution in [0.5, 0.6) is 0 Å². The SMILES string of the molecule is CN(CCCc1nnc(Cl)c(N)n1)C[C@H](O)C(F)(F)F. The lowest BCUT2D eigenvalue weighted by Crippen LogP contribution is -2.39. The van der Waals surface area contributed by atoms with Crippen LogP contribution in [0.1, 0.15) is 12.2 Å². The normalized spacial score (nSPS) is 13.8. The van der Waals surface area contributed by atoms with Crippen LogP contribution in [-0.2, 0) is 6.42 Å². The van der Waals surface area contributed by atoms with Gasteiger partial charge in [-0.1, -0.05) is 11.6 Å². The van der Waals surface area contributed by atoms with E-state index in [9.17, 15) is 13.2 Å². The van der Waals surface area contributed by atoms with E-state index in [1.165, 1.54) is 11.9 Å². The number of hydrogen-bond acceptors (Lipinski definition) is 6. The first-order valence-corrected chi connectivity index (χ1v) is 6.16. The van der Waals surface area contributed by atoms with E-state index in [1.807, 2.05) is 0 Å². The molecule has 0 unspecified atom stereocenters. The Hall–Kier alpha value is -1.19. The van der Waals surface area contributed by atoms with E-state index < -0.39 is 18.8 Å². The second-order valence-electron chi connectivity index (χ2n) is 4.33. The Morgan fingerprint density at radius 3 is 2.60 bits per heavy atom. The van der Waals surface area contributed by atoms with Crippen LogP contribution in [0, 0.1) is 0 Å². The molecule has 6 nitrogen and oxygen atoms in total. The first-order valence-electron chi connectivity index (χ1n) is 5.78. The van der Waals surface area contributed by atoms with Gasteiger partial charge in [0, 0.05) is 13.0 Å². The van der Waals surface area contributed by atoms with Crippen molar-refractivity contribution in [2.75, 3.05) is 25.9 Å². The number of nitrogens with zero attached hydrogens (tertiary/aromatic N) is 4. The van der Waals surface area contributed by atoms with Gasteiger partial charge >= 0.3 is 6.18 Å². The van der Waals surface area contributed by atoms with Gasteiger partial charge in [0.2, 0.25) is 0 Å². The summed E-state index contributed by atoms with van der Waals surface area (Å²) in [6.07, 6.45) is -6.05. The fourth-order valence-corrected chi connectivity index (χ4v) is 1.54. The molecule has 3 N–H and O–H groups in total. The van der Waals surface area contributed by atoms with Crippen LogP contribution in [-0.4, -0.2) is 57.6 Å². The van der Waals surface area contributed by atoms with Crippen molar-refractivity contribution >= 4 is 17.4 Å². The Morgan fingerprint density at radius 2 is 2.05 bits per heavy atom. The van der Waals surface area contributed by atoms with Gasteiger partial charge in [-0.05, 0) is 20.0 Å². The number of aryl methyl sites for hydroxylation is 1. The highest BCUT2D eigenvalue weighted by atomic mass is 35.5. The largest absolute Gasteiger partial charge is 0.415 e. The van der Waals surface area contributed by atoms with Gasteiger partial charge in [0.25, 0.3) is 0 Å². The number of rotatable bonds is 6. The molecule has 0 saturated carbocycles. The number of anilines is 1. The fraction of sp³-hybridized carbons (Fsp3) is 0.700. The molecular formula is C10H15ClF3N5O. The average Bonchev–Trinajstić information content (AvgIpc) is 2.32. The van der Waals surface area contributed by atoms with Crippen LogP contribution >= 0.6 is 11.6 Å². The molecule has 1 aromatic heterocycles. The van der Waals surface area contributed by atoms with Crippen molar-refractivity contribution in [1.29, 1.82) is 0 Å². The van der Waals surface area contributed by atoms with Gasteiger partial charge in [0.15, 0.2) is 22.9 Å². The van der Waals surface area contributed by atoms with Gasteiger partial charge in [0.05, 0.1) is 0 Å². The summed E-state index contributed by atoms with van der Waals surface area (Å²) in [6.45, 7) is -0.135. The zero-order chi connectivity index (χ0) is 15.3. The fourth-order valence-electron chi connectivity index (χ4n) is 1.46. The molecule has 1 atom stereocenters. The molecule has 0 amide bonds. The van der Waals surface area contributed by atoms with E-state index in [-0.39, 0.29) is 11.0 Å². The van der Waals surface area contributed by atoms with E-state index in [2.05, 4.69) is 15.2 Å². The summed E-state index contributed by atoms with van der Waals surface area (Å²) < 4.78 is 36.4. The molecule has 0 radical (unpaired) electrons. The predicted octanol–water partition coefficient (Wildman–Crippen LogP) is 0.895. The number of hydrogen-bond donors (Lipinski definition) is 2. The Labute approximate surface area is 118 Å². The molecule has 20 heavy (non-hydrogen) atoms. The number of aromatic nitrogens is 3. The zero-order valence-electron chi connectivity index (χ0n) is 10.7.